The Morgan fingerprint density at radius 3 is 2.71 bits per heavy atom. The Balaban J connectivity index is 1.45. The monoisotopic (exact) mass is 475 g/mol. The van der Waals surface area contributed by atoms with Gasteiger partial charge in [-0.05, 0) is 30.5 Å². The zero-order valence-electron chi connectivity index (χ0n) is 19.0. The number of methoxy groups -OCH3 is 1. The number of amides is 1. The molecule has 0 spiro atoms. The molecule has 1 unspecified atom stereocenters. The van der Waals surface area contributed by atoms with E-state index in [1.54, 1.807) is 14.2 Å². The molecule has 34 heavy (non-hydrogen) atoms. The Labute approximate surface area is 200 Å². The van der Waals surface area contributed by atoms with Gasteiger partial charge in [-0.15, -0.1) is 0 Å². The number of thiazole rings is 1. The van der Waals surface area contributed by atoms with Gasteiger partial charge in [0.15, 0.2) is 15.5 Å². The van der Waals surface area contributed by atoms with Crippen molar-refractivity contribution in [1.29, 1.82) is 0 Å². The molecule has 0 bridgehead atoms. The fourth-order valence-corrected chi connectivity index (χ4v) is 5.31. The lowest BCUT2D eigenvalue weighted by Crippen LogP contribution is -2.43. The molecule has 8 nitrogen and oxygen atoms in total. The van der Waals surface area contributed by atoms with Gasteiger partial charge in [-0.3, -0.25) is 14.2 Å². The molecule has 5 rings (SSSR count). The first-order valence-corrected chi connectivity index (χ1v) is 12.0. The largest absolute Gasteiger partial charge is 0.496 e. The van der Waals surface area contributed by atoms with Crippen molar-refractivity contribution in [1.82, 2.24) is 19.9 Å². The number of fused-ring (bicyclic) bond motifs is 1. The minimum atomic E-state index is -0.318. The maximum atomic E-state index is 13.2. The highest BCUT2D eigenvalue weighted by Gasteiger charge is 2.33. The molecule has 3 heterocycles. The average molecular weight is 476 g/mol. The van der Waals surface area contributed by atoms with Crippen LogP contribution in [0.3, 0.4) is 0 Å². The first kappa shape index (κ1) is 22.1. The Hall–Kier alpha value is -3.72. The number of hydrogen-bond donors (Lipinski definition) is 1. The number of anilines is 1. The van der Waals surface area contributed by atoms with Crippen LogP contribution in [-0.4, -0.2) is 40.1 Å². The van der Waals surface area contributed by atoms with Gasteiger partial charge in [-0.1, -0.05) is 53.8 Å². The molecule has 1 aliphatic rings. The molecule has 1 aliphatic heterocycles. The molecule has 4 aromatic rings. The fourth-order valence-electron chi connectivity index (χ4n) is 4.31. The highest BCUT2D eigenvalue weighted by molar-refractivity contribution is 7.21. The molecule has 1 fully saturated rings. The van der Waals surface area contributed by atoms with Crippen molar-refractivity contribution in [3.05, 3.63) is 70.5 Å². The van der Waals surface area contributed by atoms with Crippen LogP contribution in [0.25, 0.3) is 21.7 Å². The molecule has 2 aromatic heterocycles. The molecule has 1 N–H and O–H groups in total. The number of carbonyl (C=O) groups excluding carboxylic acids is 1. The van der Waals surface area contributed by atoms with Crippen molar-refractivity contribution in [2.45, 2.75) is 25.4 Å². The number of nitrogens with zero attached hydrogens (tertiary/aromatic N) is 4. The minimum absolute atomic E-state index is 0.0313. The number of carbonyl (C=O) groups is 1. The lowest BCUT2D eigenvalue weighted by molar-refractivity contribution is -0.122. The lowest BCUT2D eigenvalue weighted by Gasteiger charge is -2.23. The molecule has 0 radical (unpaired) electrons. The number of rotatable bonds is 6. The van der Waals surface area contributed by atoms with Crippen LogP contribution in [0.5, 0.6) is 5.75 Å². The van der Waals surface area contributed by atoms with Gasteiger partial charge in [0.05, 0.1) is 12.7 Å². The molecule has 174 valence electrons. The standard InChI is InChI=1S/C25H25N5O3S/c1-29-21(17-11-6-7-13-19(17)33-2)28-23-20(24(29)32)27-25(34-23)30-14-8-12-18(30)22(31)26-15-16-9-4-3-5-10-16/h3-7,9-11,13,18H,8,12,14-15H2,1-2H3,(H,26,31). The molecular weight excluding hydrogens is 450 g/mol. The molecule has 1 amide bonds. The maximum Gasteiger partial charge on any atom is 0.281 e. The molecule has 0 aliphatic carbocycles. The summed E-state index contributed by atoms with van der Waals surface area (Å²) in [6, 6.07) is 17.0. The van der Waals surface area contributed by atoms with E-state index >= 15 is 0 Å². The third kappa shape index (κ3) is 4.03. The van der Waals surface area contributed by atoms with E-state index in [-0.39, 0.29) is 17.5 Å². The van der Waals surface area contributed by atoms with E-state index in [1.807, 2.05) is 59.5 Å². The van der Waals surface area contributed by atoms with Crippen molar-refractivity contribution >= 4 is 32.7 Å². The van der Waals surface area contributed by atoms with Crippen LogP contribution in [0.1, 0.15) is 18.4 Å². The highest BCUT2D eigenvalue weighted by atomic mass is 32.1. The van der Waals surface area contributed by atoms with Crippen LogP contribution in [0.4, 0.5) is 5.13 Å². The van der Waals surface area contributed by atoms with E-state index in [4.69, 9.17) is 9.72 Å². The van der Waals surface area contributed by atoms with Crippen LogP contribution in [0.15, 0.2) is 59.4 Å². The second-order valence-corrected chi connectivity index (χ2v) is 9.16. The second-order valence-electron chi connectivity index (χ2n) is 8.20. The van der Waals surface area contributed by atoms with Crippen LogP contribution < -0.4 is 20.5 Å². The van der Waals surface area contributed by atoms with Crippen molar-refractivity contribution < 1.29 is 9.53 Å². The first-order valence-electron chi connectivity index (χ1n) is 11.2. The van der Waals surface area contributed by atoms with Gasteiger partial charge in [0, 0.05) is 20.1 Å². The summed E-state index contributed by atoms with van der Waals surface area (Å²) in [7, 11) is 3.28. The average Bonchev–Trinajstić information content (AvgIpc) is 3.53. The summed E-state index contributed by atoms with van der Waals surface area (Å²) in [6.45, 7) is 1.19. The summed E-state index contributed by atoms with van der Waals surface area (Å²) >= 11 is 1.34. The zero-order chi connectivity index (χ0) is 23.7. The van der Waals surface area contributed by atoms with Gasteiger partial charge < -0.3 is 15.0 Å². The summed E-state index contributed by atoms with van der Waals surface area (Å²) in [6.07, 6.45) is 1.63. The van der Waals surface area contributed by atoms with Crippen molar-refractivity contribution in [2.75, 3.05) is 18.6 Å². The van der Waals surface area contributed by atoms with E-state index in [1.165, 1.54) is 15.9 Å². The number of benzene rings is 2. The fraction of sp³-hybridized carbons (Fsp3) is 0.280. The first-order chi connectivity index (χ1) is 16.6. The number of para-hydroxylation sites is 1. The third-order valence-corrected chi connectivity index (χ3v) is 7.08. The smallest absolute Gasteiger partial charge is 0.281 e. The Bertz CT molecular complexity index is 1400. The second kappa shape index (κ2) is 9.26. The number of ether oxygens (including phenoxy) is 1. The molecule has 1 saturated heterocycles. The van der Waals surface area contributed by atoms with Gasteiger partial charge in [0.25, 0.3) is 5.56 Å². The van der Waals surface area contributed by atoms with Gasteiger partial charge in [0.2, 0.25) is 5.91 Å². The molecule has 1 atom stereocenters. The number of hydrogen-bond acceptors (Lipinski definition) is 7. The lowest BCUT2D eigenvalue weighted by atomic mass is 10.2. The van der Waals surface area contributed by atoms with Gasteiger partial charge in [-0.25, -0.2) is 9.97 Å². The Kier molecular flexibility index (Phi) is 6.02. The number of nitrogens with one attached hydrogen (secondary N) is 1. The topological polar surface area (TPSA) is 89.3 Å². The summed E-state index contributed by atoms with van der Waals surface area (Å²) in [5.41, 5.74) is 1.88. The predicted molar refractivity (Wildman–Crippen MR) is 133 cm³/mol. The van der Waals surface area contributed by atoms with Crippen LogP contribution in [0, 0.1) is 0 Å². The zero-order valence-corrected chi connectivity index (χ0v) is 19.8. The van der Waals surface area contributed by atoms with E-state index < -0.39 is 0 Å². The van der Waals surface area contributed by atoms with Crippen LogP contribution in [-0.2, 0) is 18.4 Å². The molecule has 9 heteroatoms. The SMILES string of the molecule is COc1ccccc1-c1nc2sc(N3CCCC3C(=O)NCc3ccccc3)nc2c(=O)n1C. The third-order valence-electron chi connectivity index (χ3n) is 6.09. The van der Waals surface area contributed by atoms with Crippen LogP contribution in [0.2, 0.25) is 0 Å². The molecule has 0 saturated carbocycles. The highest BCUT2D eigenvalue weighted by Crippen LogP contribution is 2.34. The normalized spacial score (nSPS) is 15.6. The van der Waals surface area contributed by atoms with Gasteiger partial charge >= 0.3 is 0 Å². The van der Waals surface area contributed by atoms with E-state index in [0.717, 1.165) is 24.0 Å². The summed E-state index contributed by atoms with van der Waals surface area (Å²) in [5.74, 6) is 1.13. The summed E-state index contributed by atoms with van der Waals surface area (Å²) < 4.78 is 6.97. The Morgan fingerprint density at radius 1 is 1.15 bits per heavy atom. The quantitative estimate of drug-likeness (QED) is 0.460. The van der Waals surface area contributed by atoms with Gasteiger partial charge in [-0.2, -0.15) is 0 Å². The van der Waals surface area contributed by atoms with Crippen molar-refractivity contribution in [2.24, 2.45) is 7.05 Å². The summed E-state index contributed by atoms with van der Waals surface area (Å²) in [5, 5.41) is 3.69. The van der Waals surface area contributed by atoms with Gasteiger partial charge in [0.1, 0.15) is 17.6 Å². The molecule has 2 aromatic carbocycles. The predicted octanol–water partition coefficient (Wildman–Crippen LogP) is 3.35. The minimum Gasteiger partial charge on any atom is -0.496 e. The maximum absolute atomic E-state index is 13.2. The van der Waals surface area contributed by atoms with Crippen molar-refractivity contribution in [3.63, 3.8) is 0 Å². The molecular formula is C25H25N5O3S. The van der Waals surface area contributed by atoms with E-state index in [2.05, 4.69) is 10.3 Å². The number of aromatic nitrogens is 3. The summed E-state index contributed by atoms with van der Waals surface area (Å²) in [4.78, 5) is 38.1. The van der Waals surface area contributed by atoms with Crippen LogP contribution >= 0.6 is 11.3 Å². The Morgan fingerprint density at radius 2 is 1.91 bits per heavy atom. The van der Waals surface area contributed by atoms with E-state index in [9.17, 15) is 9.59 Å². The van der Waals surface area contributed by atoms with Crippen molar-refractivity contribution in [3.8, 4) is 17.1 Å². The van der Waals surface area contributed by atoms with E-state index in [0.29, 0.717) is 40.1 Å².